The molecule has 0 saturated carbocycles. The minimum Gasteiger partial charge on any atom is -0.370 e. The van der Waals surface area contributed by atoms with Crippen LogP contribution in [0.15, 0.2) is 53.5 Å². The maximum Gasteiger partial charge on any atom is 0.416 e. The molecular weight excluding hydrogens is 496 g/mol. The van der Waals surface area contributed by atoms with E-state index in [0.717, 1.165) is 30.0 Å². The number of anilines is 1. The zero-order chi connectivity index (χ0) is 20.7. The fourth-order valence-corrected chi connectivity index (χ4v) is 2.42. The lowest BCUT2D eigenvalue weighted by atomic mass is 10.0. The Morgan fingerprint density at radius 2 is 1.79 bits per heavy atom. The van der Waals surface area contributed by atoms with Crippen LogP contribution in [0.5, 0.6) is 0 Å². The molecular formula is C20H24F3IN4O. The van der Waals surface area contributed by atoms with E-state index in [1.54, 1.807) is 0 Å². The highest BCUT2D eigenvalue weighted by molar-refractivity contribution is 14.0. The number of rotatable bonds is 6. The number of amides is 1. The van der Waals surface area contributed by atoms with Crippen molar-refractivity contribution in [2.24, 2.45) is 10.7 Å². The molecule has 0 saturated heterocycles. The number of carbonyl (C=O) groups excluding carboxylic acids is 1. The summed E-state index contributed by atoms with van der Waals surface area (Å²) in [6, 6.07) is 11.8. The van der Waals surface area contributed by atoms with Crippen LogP contribution in [0.3, 0.4) is 0 Å². The van der Waals surface area contributed by atoms with Gasteiger partial charge in [-0.15, -0.1) is 24.0 Å². The lowest BCUT2D eigenvalue weighted by Crippen LogP contribution is -2.28. The second-order valence-electron chi connectivity index (χ2n) is 6.50. The number of aliphatic imine (C=N–C) groups is 1. The van der Waals surface area contributed by atoms with Crippen LogP contribution >= 0.6 is 24.0 Å². The van der Waals surface area contributed by atoms with Gasteiger partial charge in [0.1, 0.15) is 0 Å². The maximum absolute atomic E-state index is 12.5. The zero-order valence-corrected chi connectivity index (χ0v) is 18.4. The topological polar surface area (TPSA) is 79.5 Å². The average molecular weight is 520 g/mol. The Morgan fingerprint density at radius 3 is 2.38 bits per heavy atom. The van der Waals surface area contributed by atoms with Gasteiger partial charge in [0.15, 0.2) is 5.96 Å². The summed E-state index contributed by atoms with van der Waals surface area (Å²) < 4.78 is 37.6. The van der Waals surface area contributed by atoms with Crippen molar-refractivity contribution in [3.63, 3.8) is 0 Å². The maximum atomic E-state index is 12.5. The number of nitrogens with one attached hydrogen (secondary N) is 2. The zero-order valence-electron chi connectivity index (χ0n) is 16.1. The fraction of sp³-hybridized carbons (Fsp3) is 0.300. The number of nitrogens with zero attached hydrogens (tertiary/aromatic N) is 1. The minimum absolute atomic E-state index is 0. The van der Waals surface area contributed by atoms with Crippen LogP contribution in [-0.4, -0.2) is 25.0 Å². The van der Waals surface area contributed by atoms with E-state index >= 15 is 0 Å². The largest absolute Gasteiger partial charge is 0.416 e. The molecule has 0 aliphatic carbocycles. The summed E-state index contributed by atoms with van der Waals surface area (Å²) >= 11 is 0. The van der Waals surface area contributed by atoms with Crippen molar-refractivity contribution in [3.05, 3.63) is 65.2 Å². The first-order valence-electron chi connectivity index (χ1n) is 8.79. The van der Waals surface area contributed by atoms with Crippen molar-refractivity contribution in [1.29, 1.82) is 0 Å². The Morgan fingerprint density at radius 1 is 1.14 bits per heavy atom. The first-order chi connectivity index (χ1) is 13.2. The van der Waals surface area contributed by atoms with Crippen molar-refractivity contribution in [2.75, 3.05) is 18.4 Å². The molecule has 0 aromatic heterocycles. The molecule has 158 valence electrons. The van der Waals surface area contributed by atoms with Crippen molar-refractivity contribution in [1.82, 2.24) is 5.32 Å². The third kappa shape index (κ3) is 7.92. The Balaban J connectivity index is 0.00000420. The Labute approximate surface area is 185 Å². The number of alkyl halides is 3. The van der Waals surface area contributed by atoms with Crippen molar-refractivity contribution in [3.8, 4) is 0 Å². The van der Waals surface area contributed by atoms with Crippen molar-refractivity contribution >= 4 is 41.5 Å². The van der Waals surface area contributed by atoms with Crippen molar-refractivity contribution in [2.45, 2.75) is 25.9 Å². The van der Waals surface area contributed by atoms with Gasteiger partial charge >= 0.3 is 6.18 Å². The monoisotopic (exact) mass is 520 g/mol. The number of halogens is 4. The summed E-state index contributed by atoms with van der Waals surface area (Å²) in [4.78, 5) is 16.1. The van der Waals surface area contributed by atoms with Gasteiger partial charge in [0.05, 0.1) is 12.1 Å². The molecule has 29 heavy (non-hydrogen) atoms. The van der Waals surface area contributed by atoms with Crippen LogP contribution in [-0.2, 0) is 6.18 Å². The molecule has 0 bridgehead atoms. The molecule has 2 rings (SSSR count). The molecule has 2 aromatic carbocycles. The van der Waals surface area contributed by atoms with Gasteiger partial charge in [-0.25, -0.2) is 0 Å². The minimum atomic E-state index is -4.43. The van der Waals surface area contributed by atoms with E-state index in [9.17, 15) is 18.0 Å². The fourth-order valence-electron chi connectivity index (χ4n) is 2.42. The Hall–Kier alpha value is -2.30. The summed E-state index contributed by atoms with van der Waals surface area (Å²) in [5.41, 5.74) is 7.18. The van der Waals surface area contributed by atoms with E-state index in [0.29, 0.717) is 5.92 Å². The quantitative estimate of drug-likeness (QED) is 0.226. The predicted molar refractivity (Wildman–Crippen MR) is 120 cm³/mol. The van der Waals surface area contributed by atoms with Gasteiger partial charge in [0, 0.05) is 17.8 Å². The number of carbonyl (C=O) groups is 1. The molecule has 0 aliphatic rings. The van der Waals surface area contributed by atoms with E-state index in [2.05, 4.69) is 29.5 Å². The van der Waals surface area contributed by atoms with Gasteiger partial charge in [-0.2, -0.15) is 13.2 Å². The molecule has 5 nitrogen and oxygen atoms in total. The predicted octanol–water partition coefficient (Wildman–Crippen LogP) is 4.60. The van der Waals surface area contributed by atoms with Crippen LogP contribution in [0.4, 0.5) is 18.9 Å². The summed E-state index contributed by atoms with van der Waals surface area (Å²) in [6.07, 6.45) is -4.43. The first kappa shape index (κ1) is 24.7. The summed E-state index contributed by atoms with van der Waals surface area (Å²) in [7, 11) is 0. The standard InChI is InChI=1S/C20H23F3N4O.HI/c1-13(2)15-4-3-5-17(12-15)27-19(24)26-11-10-25-18(28)14-6-8-16(9-7-14)20(21,22)23;/h3-9,12-13H,10-11H2,1-2H3,(H,25,28)(H3,24,26,27);1H. The van der Waals surface area contributed by atoms with E-state index in [-0.39, 0.29) is 48.6 Å². The van der Waals surface area contributed by atoms with Crippen LogP contribution in [0, 0.1) is 0 Å². The number of benzene rings is 2. The van der Waals surface area contributed by atoms with Crippen LogP contribution in [0.25, 0.3) is 0 Å². The molecule has 9 heteroatoms. The number of hydrogen-bond acceptors (Lipinski definition) is 2. The number of nitrogens with two attached hydrogens (primary N) is 1. The molecule has 0 fully saturated rings. The molecule has 4 N–H and O–H groups in total. The van der Waals surface area contributed by atoms with E-state index < -0.39 is 17.6 Å². The van der Waals surface area contributed by atoms with Crippen molar-refractivity contribution < 1.29 is 18.0 Å². The number of guanidine groups is 1. The molecule has 1 amide bonds. The normalized spacial score (nSPS) is 11.7. The highest BCUT2D eigenvalue weighted by Crippen LogP contribution is 2.29. The summed E-state index contributed by atoms with van der Waals surface area (Å²) in [5, 5.41) is 5.58. The third-order valence-corrected chi connectivity index (χ3v) is 3.98. The summed E-state index contributed by atoms with van der Waals surface area (Å²) in [5.74, 6) is 0.130. The molecule has 0 spiro atoms. The molecule has 0 heterocycles. The smallest absolute Gasteiger partial charge is 0.370 e. The lowest BCUT2D eigenvalue weighted by molar-refractivity contribution is -0.137. The highest BCUT2D eigenvalue weighted by atomic mass is 127. The van der Waals surface area contributed by atoms with Crippen LogP contribution in [0.2, 0.25) is 0 Å². The van der Waals surface area contributed by atoms with E-state index in [4.69, 9.17) is 5.73 Å². The highest BCUT2D eigenvalue weighted by Gasteiger charge is 2.30. The Bertz CT molecular complexity index is 836. The second-order valence-corrected chi connectivity index (χ2v) is 6.50. The SMILES string of the molecule is CC(C)c1cccc(NC(N)=NCCNC(=O)c2ccc(C(F)(F)F)cc2)c1.I. The summed E-state index contributed by atoms with van der Waals surface area (Å²) in [6.45, 7) is 4.62. The van der Waals surface area contributed by atoms with Crippen LogP contribution in [0.1, 0.15) is 41.3 Å². The number of hydrogen-bond donors (Lipinski definition) is 3. The van der Waals surface area contributed by atoms with E-state index in [1.807, 2.05) is 24.3 Å². The molecule has 0 aliphatic heterocycles. The molecule has 0 unspecified atom stereocenters. The van der Waals surface area contributed by atoms with Gasteiger partial charge in [0.25, 0.3) is 5.91 Å². The van der Waals surface area contributed by atoms with E-state index in [1.165, 1.54) is 5.56 Å². The Kier molecular flexibility index (Phi) is 9.41. The molecule has 2 aromatic rings. The van der Waals surface area contributed by atoms with Crippen LogP contribution < -0.4 is 16.4 Å². The van der Waals surface area contributed by atoms with Gasteiger partial charge in [-0.05, 0) is 47.9 Å². The first-order valence-corrected chi connectivity index (χ1v) is 8.79. The van der Waals surface area contributed by atoms with Gasteiger partial charge in [0.2, 0.25) is 0 Å². The average Bonchev–Trinajstić information content (AvgIpc) is 2.64. The van der Waals surface area contributed by atoms with Gasteiger partial charge in [-0.1, -0.05) is 26.0 Å². The second kappa shape index (κ2) is 11.0. The lowest BCUT2D eigenvalue weighted by Gasteiger charge is -2.10. The van der Waals surface area contributed by atoms with Gasteiger partial charge < -0.3 is 16.4 Å². The molecule has 0 radical (unpaired) electrons. The molecule has 0 atom stereocenters. The third-order valence-electron chi connectivity index (χ3n) is 3.98. The van der Waals surface area contributed by atoms with Gasteiger partial charge in [-0.3, -0.25) is 9.79 Å².